The van der Waals surface area contributed by atoms with Gasteiger partial charge in [0.2, 0.25) is 8.32 Å². The second kappa shape index (κ2) is 12.2. The molecule has 0 radical (unpaired) electrons. The van der Waals surface area contributed by atoms with Gasteiger partial charge in [-0.05, 0) is 81.8 Å². The van der Waals surface area contributed by atoms with Gasteiger partial charge in [-0.15, -0.1) is 0 Å². The average Bonchev–Trinajstić information content (AvgIpc) is 3.03. The fraction of sp³-hybridized carbons (Fsp3) is 0.931. The summed E-state index contributed by atoms with van der Waals surface area (Å²) in [5.41, 5.74) is 3.43. The number of aliphatic hydroxyl groups is 1. The van der Waals surface area contributed by atoms with E-state index in [0.29, 0.717) is 29.0 Å². The third kappa shape index (κ3) is 5.98. The molecule has 0 saturated heterocycles. The van der Waals surface area contributed by atoms with Gasteiger partial charge < -0.3 is 14.3 Å². The molecule has 0 spiro atoms. The van der Waals surface area contributed by atoms with Crippen LogP contribution in [0.2, 0.25) is 16.6 Å². The molecule has 0 unspecified atom stereocenters. The lowest BCUT2D eigenvalue weighted by Gasteiger charge is -2.50. The van der Waals surface area contributed by atoms with E-state index < -0.39 is 8.32 Å². The van der Waals surface area contributed by atoms with Crippen molar-refractivity contribution in [1.82, 2.24) is 0 Å². The van der Waals surface area contributed by atoms with Crippen LogP contribution < -0.4 is 0 Å². The molecule has 5 atom stereocenters. The molecule has 1 N–H and O–H groups in total. The van der Waals surface area contributed by atoms with Gasteiger partial charge in [-0.1, -0.05) is 67.0 Å². The summed E-state index contributed by atoms with van der Waals surface area (Å²) in [4.78, 5) is 0. The molecular formula is C29H56O3Si. The van der Waals surface area contributed by atoms with Crippen LogP contribution in [0.4, 0.5) is 0 Å². The van der Waals surface area contributed by atoms with Crippen LogP contribution in [0.1, 0.15) is 121 Å². The Morgan fingerprint density at radius 2 is 1.55 bits per heavy atom. The summed E-state index contributed by atoms with van der Waals surface area (Å²) in [5, 5.41) is 9.98. The van der Waals surface area contributed by atoms with E-state index >= 15 is 0 Å². The van der Waals surface area contributed by atoms with Crippen LogP contribution in [0.5, 0.6) is 0 Å². The minimum absolute atomic E-state index is 0.0346. The number of hydrogen-bond donors (Lipinski definition) is 1. The Labute approximate surface area is 207 Å². The van der Waals surface area contributed by atoms with Crippen LogP contribution in [0.3, 0.4) is 0 Å². The van der Waals surface area contributed by atoms with Gasteiger partial charge in [0.05, 0.1) is 24.4 Å². The molecular weight excluding hydrogens is 424 g/mol. The van der Waals surface area contributed by atoms with Crippen molar-refractivity contribution in [1.29, 1.82) is 0 Å². The largest absolute Gasteiger partial charge is 0.412 e. The summed E-state index contributed by atoms with van der Waals surface area (Å²) in [6.45, 7) is 23.2. The van der Waals surface area contributed by atoms with E-state index in [1.54, 1.807) is 5.57 Å². The molecule has 0 aliphatic heterocycles. The summed E-state index contributed by atoms with van der Waals surface area (Å²) in [5.74, 6) is 0.470. The fourth-order valence-corrected chi connectivity index (χ4v) is 13.3. The van der Waals surface area contributed by atoms with Crippen LogP contribution in [-0.2, 0) is 9.16 Å². The van der Waals surface area contributed by atoms with Gasteiger partial charge in [-0.25, -0.2) is 0 Å². The molecule has 1 saturated carbocycles. The highest BCUT2D eigenvalue weighted by molar-refractivity contribution is 6.77. The smallest absolute Gasteiger partial charge is 0.200 e. The number of hydrogen-bond acceptors (Lipinski definition) is 3. The number of rotatable bonds is 12. The lowest BCUT2D eigenvalue weighted by molar-refractivity contribution is -0.101. The summed E-state index contributed by atoms with van der Waals surface area (Å²) in [6, 6.07) is 0. The summed E-state index contributed by atoms with van der Waals surface area (Å²) in [7, 11) is -2.04. The summed E-state index contributed by atoms with van der Waals surface area (Å²) >= 11 is 0. The maximum Gasteiger partial charge on any atom is 0.200 e. The van der Waals surface area contributed by atoms with E-state index in [4.69, 9.17) is 9.16 Å². The van der Waals surface area contributed by atoms with Crippen molar-refractivity contribution in [2.45, 2.75) is 162 Å². The van der Waals surface area contributed by atoms with Crippen LogP contribution in [0.15, 0.2) is 11.6 Å². The first-order chi connectivity index (χ1) is 15.5. The Balaban J connectivity index is 2.55. The molecule has 2 rings (SSSR count). The van der Waals surface area contributed by atoms with E-state index in [1.165, 1.54) is 25.7 Å². The molecule has 2 aliphatic carbocycles. The minimum Gasteiger partial charge on any atom is -0.412 e. The van der Waals surface area contributed by atoms with Crippen molar-refractivity contribution in [3.05, 3.63) is 11.6 Å². The second-order valence-corrected chi connectivity index (χ2v) is 17.6. The quantitative estimate of drug-likeness (QED) is 0.225. The number of ether oxygens (including phenoxy) is 1. The first-order valence-electron chi connectivity index (χ1n) is 14.2. The summed E-state index contributed by atoms with van der Waals surface area (Å²) < 4.78 is 14.5. The van der Waals surface area contributed by atoms with Gasteiger partial charge in [0.15, 0.2) is 0 Å². The SMILES string of the molecule is CCC1(CC)[C@@H](O[C@@H](C)C[C@H](C)O)C[C@@H](C2=CCCCC2)[C@@H]1O[Si](C(C)C)(C(C)C)C(C)C. The van der Waals surface area contributed by atoms with Crippen molar-refractivity contribution in [3.63, 3.8) is 0 Å². The van der Waals surface area contributed by atoms with E-state index in [2.05, 4.69) is 68.4 Å². The molecule has 0 aromatic heterocycles. The highest BCUT2D eigenvalue weighted by Crippen LogP contribution is 2.57. The van der Waals surface area contributed by atoms with Gasteiger partial charge in [0.25, 0.3) is 0 Å². The zero-order valence-corrected chi connectivity index (χ0v) is 24.6. The van der Waals surface area contributed by atoms with Crippen molar-refractivity contribution < 1.29 is 14.3 Å². The molecule has 194 valence electrons. The number of aliphatic hydroxyl groups excluding tert-OH is 1. The Bertz CT molecular complexity index is 599. The maximum atomic E-state index is 9.98. The van der Waals surface area contributed by atoms with Crippen LogP contribution in [-0.4, -0.2) is 37.8 Å². The summed E-state index contributed by atoms with van der Waals surface area (Å²) in [6.07, 6.45) is 11.7. The topological polar surface area (TPSA) is 38.7 Å². The van der Waals surface area contributed by atoms with Crippen molar-refractivity contribution in [2.24, 2.45) is 11.3 Å². The molecule has 3 nitrogen and oxygen atoms in total. The predicted molar refractivity (Wildman–Crippen MR) is 144 cm³/mol. The van der Waals surface area contributed by atoms with Crippen LogP contribution in [0.25, 0.3) is 0 Å². The fourth-order valence-electron chi connectivity index (χ4n) is 7.66. The van der Waals surface area contributed by atoms with E-state index in [0.717, 1.165) is 19.3 Å². The van der Waals surface area contributed by atoms with Crippen molar-refractivity contribution in [2.75, 3.05) is 0 Å². The monoisotopic (exact) mass is 480 g/mol. The van der Waals surface area contributed by atoms with E-state index in [9.17, 15) is 5.11 Å². The lowest BCUT2D eigenvalue weighted by atomic mass is 9.74. The van der Waals surface area contributed by atoms with Crippen LogP contribution >= 0.6 is 0 Å². The third-order valence-electron chi connectivity index (χ3n) is 9.27. The minimum atomic E-state index is -2.04. The molecule has 0 aromatic carbocycles. The Morgan fingerprint density at radius 3 is 1.97 bits per heavy atom. The maximum absolute atomic E-state index is 9.98. The Morgan fingerprint density at radius 1 is 0.970 bits per heavy atom. The van der Waals surface area contributed by atoms with Gasteiger partial charge in [-0.2, -0.15) is 0 Å². The Hall–Kier alpha value is -0.163. The first-order valence-corrected chi connectivity index (χ1v) is 16.3. The van der Waals surface area contributed by atoms with E-state index in [1.807, 2.05) is 6.92 Å². The highest BCUT2D eigenvalue weighted by atomic mass is 28.4. The molecule has 0 aromatic rings. The third-order valence-corrected chi connectivity index (χ3v) is 15.3. The molecule has 2 aliphatic rings. The Kier molecular flexibility index (Phi) is 10.7. The zero-order chi connectivity index (χ0) is 25.0. The van der Waals surface area contributed by atoms with Crippen molar-refractivity contribution in [3.8, 4) is 0 Å². The van der Waals surface area contributed by atoms with Gasteiger partial charge in [0, 0.05) is 11.3 Å². The highest BCUT2D eigenvalue weighted by Gasteiger charge is 2.59. The van der Waals surface area contributed by atoms with Gasteiger partial charge in [-0.3, -0.25) is 0 Å². The normalized spacial score (nSPS) is 27.9. The molecule has 33 heavy (non-hydrogen) atoms. The number of allylic oxidation sites excluding steroid dienone is 1. The van der Waals surface area contributed by atoms with Gasteiger partial charge >= 0.3 is 0 Å². The van der Waals surface area contributed by atoms with E-state index in [-0.39, 0.29) is 29.8 Å². The standard InChI is InChI=1S/C29H56O3Si/c1-11-29(12-2)27(31-24(10)18-23(9)30)19-26(25-16-14-13-15-17-25)28(29)32-33(20(3)4,21(5)6)22(7)8/h16,20-24,26-28,30H,11-15,17-19H2,1-10H3/t23-,24-,26-,27-,28-/m0/s1. The van der Waals surface area contributed by atoms with Crippen molar-refractivity contribution >= 4 is 8.32 Å². The van der Waals surface area contributed by atoms with Crippen LogP contribution in [0, 0.1) is 11.3 Å². The molecule has 0 heterocycles. The molecule has 4 heteroatoms. The molecule has 1 fully saturated rings. The second-order valence-electron chi connectivity index (χ2n) is 12.2. The van der Waals surface area contributed by atoms with Gasteiger partial charge in [0.1, 0.15) is 0 Å². The predicted octanol–water partition coefficient (Wildman–Crippen LogP) is 8.42. The average molecular weight is 481 g/mol. The molecule has 0 amide bonds. The zero-order valence-electron chi connectivity index (χ0n) is 23.6. The lowest BCUT2D eigenvalue weighted by Crippen LogP contribution is -2.55. The first kappa shape index (κ1) is 29.1. The molecule has 0 bridgehead atoms.